The number of benzene rings is 2. The fourth-order valence-corrected chi connectivity index (χ4v) is 4.41. The quantitative estimate of drug-likeness (QED) is 0.293. The smallest absolute Gasteiger partial charge is 0.254 e. The number of anilines is 1. The molecule has 0 saturated carbocycles. The first kappa shape index (κ1) is 25.0. The van der Waals surface area contributed by atoms with Crippen LogP contribution in [0.15, 0.2) is 54.2 Å². The highest BCUT2D eigenvalue weighted by Gasteiger charge is 2.17. The van der Waals surface area contributed by atoms with Gasteiger partial charge in [0.15, 0.2) is 11.0 Å². The highest BCUT2D eigenvalue weighted by Crippen LogP contribution is 2.33. The number of nitrogens with zero attached hydrogens (tertiary/aromatic N) is 3. The van der Waals surface area contributed by atoms with Crippen molar-refractivity contribution < 1.29 is 14.0 Å². The predicted molar refractivity (Wildman–Crippen MR) is 129 cm³/mol. The Labute approximate surface area is 208 Å². The van der Waals surface area contributed by atoms with Gasteiger partial charge in [-0.2, -0.15) is 0 Å². The van der Waals surface area contributed by atoms with Crippen molar-refractivity contribution in [2.24, 2.45) is 0 Å². The van der Waals surface area contributed by atoms with Gasteiger partial charge in [-0.25, -0.2) is 4.39 Å². The third-order valence-electron chi connectivity index (χ3n) is 4.23. The predicted octanol–water partition coefficient (Wildman–Crippen LogP) is 5.22. The Morgan fingerprint density at radius 3 is 2.52 bits per heavy atom. The van der Waals surface area contributed by atoms with Gasteiger partial charge in [-0.3, -0.25) is 9.59 Å². The summed E-state index contributed by atoms with van der Waals surface area (Å²) < 4.78 is 15.5. The molecule has 7 nitrogen and oxygen atoms in total. The second-order valence-corrected chi connectivity index (χ2v) is 8.74. The van der Waals surface area contributed by atoms with Crippen LogP contribution in [0.2, 0.25) is 15.1 Å². The van der Waals surface area contributed by atoms with E-state index < -0.39 is 11.7 Å². The minimum Gasteiger partial charge on any atom is -0.345 e. The summed E-state index contributed by atoms with van der Waals surface area (Å²) in [5.41, 5.74) is 0.190. The zero-order valence-electron chi connectivity index (χ0n) is 16.9. The van der Waals surface area contributed by atoms with Gasteiger partial charge in [0.2, 0.25) is 5.91 Å². The summed E-state index contributed by atoms with van der Waals surface area (Å²) in [6.45, 7) is 4.06. The van der Waals surface area contributed by atoms with E-state index >= 15 is 0 Å². The van der Waals surface area contributed by atoms with Gasteiger partial charge >= 0.3 is 0 Å². The number of carbonyl (C=O) groups excluding carboxylic acids is 2. The van der Waals surface area contributed by atoms with Crippen LogP contribution in [0.25, 0.3) is 0 Å². The molecule has 172 valence electrons. The number of amides is 2. The number of aromatic nitrogens is 3. The van der Waals surface area contributed by atoms with Crippen LogP contribution in [0.4, 0.5) is 10.1 Å². The molecule has 2 N–H and O–H groups in total. The first-order valence-electron chi connectivity index (χ1n) is 9.43. The van der Waals surface area contributed by atoms with Gasteiger partial charge < -0.3 is 15.2 Å². The molecule has 2 amide bonds. The van der Waals surface area contributed by atoms with Gasteiger partial charge in [-0.15, -0.1) is 16.8 Å². The third kappa shape index (κ3) is 6.48. The number of hydrogen-bond donors (Lipinski definition) is 2. The Morgan fingerprint density at radius 2 is 1.85 bits per heavy atom. The lowest BCUT2D eigenvalue weighted by Gasteiger charge is -2.11. The number of hydrogen-bond acceptors (Lipinski definition) is 5. The van der Waals surface area contributed by atoms with Gasteiger partial charge in [-0.05, 0) is 24.3 Å². The van der Waals surface area contributed by atoms with Gasteiger partial charge in [0.1, 0.15) is 5.82 Å². The van der Waals surface area contributed by atoms with Crippen molar-refractivity contribution in [1.82, 2.24) is 20.1 Å². The molecule has 3 aromatic rings. The van der Waals surface area contributed by atoms with Crippen LogP contribution in [0.5, 0.6) is 0 Å². The molecule has 0 fully saturated rings. The highest BCUT2D eigenvalue weighted by atomic mass is 35.5. The largest absolute Gasteiger partial charge is 0.345 e. The van der Waals surface area contributed by atoms with Crippen LogP contribution in [-0.4, -0.2) is 32.3 Å². The molecule has 3 rings (SSSR count). The first-order valence-corrected chi connectivity index (χ1v) is 11.5. The van der Waals surface area contributed by atoms with Crippen LogP contribution in [-0.2, 0) is 17.9 Å². The zero-order chi connectivity index (χ0) is 24.0. The van der Waals surface area contributed by atoms with E-state index in [1.54, 1.807) is 16.7 Å². The lowest BCUT2D eigenvalue weighted by Crippen LogP contribution is -2.25. The minimum absolute atomic E-state index is 0.00779. The van der Waals surface area contributed by atoms with Gasteiger partial charge in [0, 0.05) is 11.6 Å². The molecule has 0 unspecified atom stereocenters. The number of rotatable bonds is 9. The first-order chi connectivity index (χ1) is 15.8. The number of allylic oxidation sites excluding steroid dienone is 1. The molecular formula is C21H17Cl3FN5O2S. The molecule has 0 bridgehead atoms. The van der Waals surface area contributed by atoms with Crippen molar-refractivity contribution in [3.63, 3.8) is 0 Å². The zero-order valence-corrected chi connectivity index (χ0v) is 20.0. The SMILES string of the molecule is C=CCn1c(CNC(=O)c2ccccc2F)nnc1SCC(=O)Nc1c(Cl)cc(Cl)cc1Cl. The number of carbonyl (C=O) groups is 2. The minimum atomic E-state index is -0.620. The van der Waals surface area contributed by atoms with E-state index in [1.807, 2.05) is 0 Å². The monoisotopic (exact) mass is 527 g/mol. The molecule has 0 aliphatic rings. The van der Waals surface area contributed by atoms with Crippen LogP contribution < -0.4 is 10.6 Å². The average Bonchev–Trinajstić information content (AvgIpc) is 3.15. The molecule has 1 aromatic heterocycles. The molecule has 0 aliphatic heterocycles. The third-order valence-corrected chi connectivity index (χ3v) is 6.02. The Bertz CT molecular complexity index is 1180. The Balaban J connectivity index is 1.64. The molecule has 0 radical (unpaired) electrons. The van der Waals surface area contributed by atoms with E-state index in [-0.39, 0.29) is 39.5 Å². The molecule has 33 heavy (non-hydrogen) atoms. The normalized spacial score (nSPS) is 10.7. The highest BCUT2D eigenvalue weighted by molar-refractivity contribution is 7.99. The maximum absolute atomic E-state index is 13.8. The summed E-state index contributed by atoms with van der Waals surface area (Å²) in [4.78, 5) is 24.7. The van der Waals surface area contributed by atoms with E-state index in [4.69, 9.17) is 34.8 Å². The van der Waals surface area contributed by atoms with E-state index in [9.17, 15) is 14.0 Å². The van der Waals surface area contributed by atoms with Crippen molar-refractivity contribution in [2.45, 2.75) is 18.2 Å². The summed E-state index contributed by atoms with van der Waals surface area (Å²) in [7, 11) is 0. The standard InChI is InChI=1S/C21H17Cl3FN5O2S/c1-2-7-30-17(10-26-20(32)13-5-3-4-6-16(13)25)28-29-21(30)33-11-18(31)27-19-14(23)8-12(22)9-15(19)24/h2-6,8-9H,1,7,10-11H2,(H,26,32)(H,27,31). The maximum Gasteiger partial charge on any atom is 0.254 e. The maximum atomic E-state index is 13.8. The molecule has 0 saturated heterocycles. The summed E-state index contributed by atoms with van der Waals surface area (Å²) >= 11 is 19.2. The molecule has 12 heteroatoms. The number of nitrogens with one attached hydrogen (secondary N) is 2. The Morgan fingerprint density at radius 1 is 1.15 bits per heavy atom. The van der Waals surface area contributed by atoms with Crippen molar-refractivity contribution in [3.8, 4) is 0 Å². The summed E-state index contributed by atoms with van der Waals surface area (Å²) in [6, 6.07) is 8.61. The molecule has 0 spiro atoms. The van der Waals surface area contributed by atoms with Crippen molar-refractivity contribution in [1.29, 1.82) is 0 Å². The topological polar surface area (TPSA) is 88.9 Å². The number of thioether (sulfide) groups is 1. The van der Waals surface area contributed by atoms with Crippen LogP contribution >= 0.6 is 46.6 Å². The molecule has 0 atom stereocenters. The van der Waals surface area contributed by atoms with Crippen LogP contribution in [0.1, 0.15) is 16.2 Å². The lowest BCUT2D eigenvalue weighted by atomic mass is 10.2. The van der Waals surface area contributed by atoms with Crippen LogP contribution in [0.3, 0.4) is 0 Å². The summed E-state index contributed by atoms with van der Waals surface area (Å²) in [5, 5.41) is 14.6. The van der Waals surface area contributed by atoms with Gasteiger partial charge in [-0.1, -0.05) is 64.8 Å². The second kappa shape index (κ2) is 11.5. The van der Waals surface area contributed by atoms with Crippen LogP contribution in [0, 0.1) is 5.82 Å². The Hall–Kier alpha value is -2.59. The molecule has 1 heterocycles. The molecule has 2 aromatic carbocycles. The van der Waals surface area contributed by atoms with Crippen molar-refractivity contribution in [3.05, 3.63) is 81.3 Å². The van der Waals surface area contributed by atoms with Crippen molar-refractivity contribution in [2.75, 3.05) is 11.1 Å². The second-order valence-electron chi connectivity index (χ2n) is 6.54. The van der Waals surface area contributed by atoms with E-state index in [2.05, 4.69) is 27.4 Å². The van der Waals surface area contributed by atoms with E-state index in [0.29, 0.717) is 22.5 Å². The average molecular weight is 529 g/mol. The van der Waals surface area contributed by atoms with Gasteiger partial charge in [0.25, 0.3) is 5.91 Å². The molecule has 0 aliphatic carbocycles. The summed E-state index contributed by atoms with van der Waals surface area (Å²) in [6.07, 6.45) is 1.63. The number of halogens is 4. The lowest BCUT2D eigenvalue weighted by molar-refractivity contribution is -0.113. The summed E-state index contributed by atoms with van der Waals surface area (Å²) in [5.74, 6) is -1.15. The van der Waals surface area contributed by atoms with Gasteiger partial charge in [0.05, 0.1) is 33.6 Å². The van der Waals surface area contributed by atoms with E-state index in [0.717, 1.165) is 11.8 Å². The Kier molecular flexibility index (Phi) is 8.74. The fourth-order valence-electron chi connectivity index (χ4n) is 2.74. The fraction of sp³-hybridized carbons (Fsp3) is 0.143. The van der Waals surface area contributed by atoms with Crippen molar-refractivity contribution >= 4 is 64.1 Å². The molecular weight excluding hydrogens is 512 g/mol. The van der Waals surface area contributed by atoms with E-state index in [1.165, 1.54) is 30.3 Å².